The van der Waals surface area contributed by atoms with Gasteiger partial charge in [0.05, 0.1) is 24.1 Å². The van der Waals surface area contributed by atoms with Gasteiger partial charge in [-0.2, -0.15) is 0 Å². The van der Waals surface area contributed by atoms with Gasteiger partial charge in [-0.15, -0.1) is 0 Å². The minimum Gasteiger partial charge on any atom is -0.496 e. The molecule has 0 aliphatic heterocycles. The van der Waals surface area contributed by atoms with Crippen LogP contribution in [0.1, 0.15) is 31.0 Å². The Balaban J connectivity index is 1.94. The summed E-state index contributed by atoms with van der Waals surface area (Å²) in [5.74, 6) is 0.361. The van der Waals surface area contributed by atoms with E-state index in [1.807, 2.05) is 32.0 Å². The smallest absolute Gasteiger partial charge is 0.331 e. The number of carbonyl (C=O) groups is 1. The number of hydrogen-bond acceptors (Lipinski definition) is 4. The molecule has 29 heavy (non-hydrogen) atoms. The summed E-state index contributed by atoms with van der Waals surface area (Å²) in [7, 11) is 1.59. The predicted octanol–water partition coefficient (Wildman–Crippen LogP) is 2.38. The number of rotatable bonds is 6. The lowest BCUT2D eigenvalue weighted by Gasteiger charge is -2.19. The summed E-state index contributed by atoms with van der Waals surface area (Å²) in [4.78, 5) is 38.1. The lowest BCUT2D eigenvalue weighted by atomic mass is 10.0. The van der Waals surface area contributed by atoms with E-state index in [-0.39, 0.29) is 30.6 Å². The molecule has 7 heteroatoms. The first-order valence-corrected chi connectivity index (χ1v) is 9.53. The van der Waals surface area contributed by atoms with Gasteiger partial charge in [0.1, 0.15) is 12.3 Å². The monoisotopic (exact) mass is 395 g/mol. The number of hydrogen-bond donors (Lipinski definition) is 1. The largest absolute Gasteiger partial charge is 0.496 e. The fraction of sp³-hybridized carbons (Fsp3) is 0.318. The van der Waals surface area contributed by atoms with Crippen molar-refractivity contribution >= 4 is 16.8 Å². The minimum absolute atomic E-state index is 0.182. The van der Waals surface area contributed by atoms with Gasteiger partial charge in [-0.1, -0.05) is 29.8 Å². The SMILES string of the molecule is CCn1c(=O)c2ccccc2n(CC(=O)N[C@@H](C)c2cc(C)ccc2OC)c1=O. The number of para-hydroxylation sites is 1. The van der Waals surface area contributed by atoms with Gasteiger partial charge in [-0.05, 0) is 39.0 Å². The van der Waals surface area contributed by atoms with Crippen molar-refractivity contribution in [3.8, 4) is 5.75 Å². The molecule has 1 aromatic heterocycles. The van der Waals surface area contributed by atoms with E-state index in [4.69, 9.17) is 4.74 Å². The van der Waals surface area contributed by atoms with E-state index >= 15 is 0 Å². The van der Waals surface area contributed by atoms with Crippen LogP contribution in [0.15, 0.2) is 52.1 Å². The Labute approximate surface area is 168 Å². The van der Waals surface area contributed by atoms with Crippen molar-refractivity contribution in [2.75, 3.05) is 7.11 Å². The molecule has 0 bridgehead atoms. The van der Waals surface area contributed by atoms with Crippen LogP contribution in [0.3, 0.4) is 0 Å². The number of nitrogens with zero attached hydrogens (tertiary/aromatic N) is 2. The second-order valence-corrected chi connectivity index (χ2v) is 6.97. The third-order valence-electron chi connectivity index (χ3n) is 4.98. The quantitative estimate of drug-likeness (QED) is 0.695. The predicted molar refractivity (Wildman–Crippen MR) is 112 cm³/mol. The zero-order valence-electron chi connectivity index (χ0n) is 17.1. The van der Waals surface area contributed by atoms with Crippen LogP contribution in [0, 0.1) is 6.92 Å². The molecule has 1 atom stereocenters. The van der Waals surface area contributed by atoms with Crippen LogP contribution >= 0.6 is 0 Å². The zero-order valence-corrected chi connectivity index (χ0v) is 17.1. The molecule has 152 valence electrons. The highest BCUT2D eigenvalue weighted by Gasteiger charge is 2.18. The number of aromatic nitrogens is 2. The van der Waals surface area contributed by atoms with Crippen LogP contribution in [0.5, 0.6) is 5.75 Å². The van der Waals surface area contributed by atoms with Crippen molar-refractivity contribution in [3.05, 3.63) is 74.4 Å². The summed E-state index contributed by atoms with van der Waals surface area (Å²) in [5, 5.41) is 3.34. The highest BCUT2D eigenvalue weighted by Crippen LogP contribution is 2.26. The standard InChI is InChI=1S/C22H25N3O4/c1-5-24-21(27)16-8-6-7-9-18(16)25(22(24)28)13-20(26)23-15(3)17-12-14(2)10-11-19(17)29-4/h6-12,15H,5,13H2,1-4H3,(H,23,26)/t15-/m0/s1. The van der Waals surface area contributed by atoms with Crippen molar-refractivity contribution in [3.63, 3.8) is 0 Å². The van der Waals surface area contributed by atoms with Gasteiger partial charge in [0.2, 0.25) is 5.91 Å². The Morgan fingerprint density at radius 2 is 1.86 bits per heavy atom. The molecule has 3 rings (SSSR count). The molecule has 0 unspecified atom stereocenters. The van der Waals surface area contributed by atoms with E-state index in [2.05, 4.69) is 5.32 Å². The highest BCUT2D eigenvalue weighted by atomic mass is 16.5. The summed E-state index contributed by atoms with van der Waals surface area (Å²) in [6.07, 6.45) is 0. The van der Waals surface area contributed by atoms with Gasteiger partial charge in [-0.3, -0.25) is 18.7 Å². The third-order valence-corrected chi connectivity index (χ3v) is 4.98. The summed E-state index contributed by atoms with van der Waals surface area (Å²) in [5.41, 5.74) is 1.52. The summed E-state index contributed by atoms with van der Waals surface area (Å²) in [6.45, 7) is 5.62. The summed E-state index contributed by atoms with van der Waals surface area (Å²) >= 11 is 0. The van der Waals surface area contributed by atoms with Gasteiger partial charge >= 0.3 is 5.69 Å². The Hall–Kier alpha value is -3.35. The maximum Gasteiger partial charge on any atom is 0.331 e. The van der Waals surface area contributed by atoms with E-state index in [1.54, 1.807) is 38.3 Å². The molecule has 1 amide bonds. The third kappa shape index (κ3) is 3.94. The van der Waals surface area contributed by atoms with Crippen LogP contribution in [0.2, 0.25) is 0 Å². The van der Waals surface area contributed by atoms with Gasteiger partial charge in [0.25, 0.3) is 5.56 Å². The zero-order chi connectivity index (χ0) is 21.1. The fourth-order valence-corrected chi connectivity index (χ4v) is 3.50. The highest BCUT2D eigenvalue weighted by molar-refractivity contribution is 5.81. The lowest BCUT2D eigenvalue weighted by molar-refractivity contribution is -0.122. The van der Waals surface area contributed by atoms with E-state index < -0.39 is 5.69 Å². The number of benzene rings is 2. The van der Waals surface area contributed by atoms with Crippen molar-refractivity contribution in [2.24, 2.45) is 0 Å². The molecule has 1 N–H and O–H groups in total. The average molecular weight is 395 g/mol. The second-order valence-electron chi connectivity index (χ2n) is 6.97. The number of fused-ring (bicyclic) bond motifs is 1. The Morgan fingerprint density at radius 1 is 1.14 bits per heavy atom. The van der Waals surface area contributed by atoms with Crippen LogP contribution in [0.25, 0.3) is 10.9 Å². The molecular formula is C22H25N3O4. The fourth-order valence-electron chi connectivity index (χ4n) is 3.50. The normalized spacial score (nSPS) is 12.0. The van der Waals surface area contributed by atoms with Crippen LogP contribution in [-0.4, -0.2) is 22.2 Å². The van der Waals surface area contributed by atoms with Crippen molar-refractivity contribution in [1.29, 1.82) is 0 Å². The lowest BCUT2D eigenvalue weighted by Crippen LogP contribution is -2.42. The molecule has 1 heterocycles. The van der Waals surface area contributed by atoms with Gasteiger partial charge in [-0.25, -0.2) is 4.79 Å². The summed E-state index contributed by atoms with van der Waals surface area (Å²) < 4.78 is 7.88. The van der Waals surface area contributed by atoms with Crippen molar-refractivity contribution in [1.82, 2.24) is 14.5 Å². The van der Waals surface area contributed by atoms with Gasteiger partial charge < -0.3 is 10.1 Å². The van der Waals surface area contributed by atoms with Crippen molar-refractivity contribution < 1.29 is 9.53 Å². The Bertz CT molecular complexity index is 1180. The summed E-state index contributed by atoms with van der Waals surface area (Å²) in [6, 6.07) is 12.3. The number of carbonyl (C=O) groups excluding carboxylic acids is 1. The average Bonchev–Trinajstić information content (AvgIpc) is 2.71. The minimum atomic E-state index is -0.493. The molecule has 0 radical (unpaired) electrons. The number of ether oxygens (including phenoxy) is 1. The molecule has 7 nitrogen and oxygen atoms in total. The maximum absolute atomic E-state index is 12.8. The molecule has 0 spiro atoms. The van der Waals surface area contributed by atoms with E-state index in [0.717, 1.165) is 15.7 Å². The molecule has 0 aliphatic rings. The topological polar surface area (TPSA) is 82.3 Å². The van der Waals surface area contributed by atoms with E-state index in [9.17, 15) is 14.4 Å². The Kier molecular flexibility index (Phi) is 5.87. The first-order chi connectivity index (χ1) is 13.9. The number of methoxy groups -OCH3 is 1. The van der Waals surface area contributed by atoms with Crippen LogP contribution < -0.4 is 21.3 Å². The van der Waals surface area contributed by atoms with Gasteiger partial charge in [0, 0.05) is 12.1 Å². The van der Waals surface area contributed by atoms with Crippen LogP contribution in [-0.2, 0) is 17.9 Å². The molecule has 3 aromatic rings. The Morgan fingerprint density at radius 3 is 2.55 bits per heavy atom. The maximum atomic E-state index is 12.8. The first-order valence-electron chi connectivity index (χ1n) is 9.53. The number of nitrogens with one attached hydrogen (secondary N) is 1. The molecule has 0 aliphatic carbocycles. The molecule has 2 aromatic carbocycles. The molecule has 0 saturated carbocycles. The number of aryl methyl sites for hydroxylation is 1. The van der Waals surface area contributed by atoms with Crippen molar-refractivity contribution in [2.45, 2.75) is 39.9 Å². The number of amides is 1. The molecule has 0 saturated heterocycles. The molecular weight excluding hydrogens is 370 g/mol. The first kappa shape index (κ1) is 20.4. The van der Waals surface area contributed by atoms with E-state index in [0.29, 0.717) is 16.7 Å². The molecule has 0 fully saturated rings. The van der Waals surface area contributed by atoms with Crippen LogP contribution in [0.4, 0.5) is 0 Å². The second kappa shape index (κ2) is 8.34. The van der Waals surface area contributed by atoms with E-state index in [1.165, 1.54) is 4.57 Å². The van der Waals surface area contributed by atoms with Gasteiger partial charge in [0.15, 0.2) is 0 Å².